The van der Waals surface area contributed by atoms with Gasteiger partial charge in [-0.05, 0) is 0 Å². The molecule has 0 radical (unpaired) electrons. The summed E-state index contributed by atoms with van der Waals surface area (Å²) in [6.45, 7) is 1.96. The number of hydrogen-bond acceptors (Lipinski definition) is 3. The average molecular weight is 301 g/mol. The van der Waals surface area contributed by atoms with Crippen LogP contribution < -0.4 is 10.6 Å². The van der Waals surface area contributed by atoms with Crippen molar-refractivity contribution in [1.29, 1.82) is 0 Å². The highest BCUT2D eigenvalue weighted by atomic mass is 19.1. The number of rotatable bonds is 3. The van der Waals surface area contributed by atoms with Gasteiger partial charge in [0.25, 0.3) is 5.91 Å². The van der Waals surface area contributed by atoms with Crippen LogP contribution in [0.4, 0.5) is 13.2 Å². The van der Waals surface area contributed by atoms with Gasteiger partial charge < -0.3 is 15.5 Å². The molecule has 0 saturated carbocycles. The lowest BCUT2D eigenvalue weighted by molar-refractivity contribution is -0.130. The Hall–Kier alpha value is -2.09. The molecule has 0 aromatic heterocycles. The van der Waals surface area contributed by atoms with Crippen LogP contribution >= 0.6 is 0 Å². The van der Waals surface area contributed by atoms with Gasteiger partial charge in [0, 0.05) is 38.3 Å². The Bertz CT molecular complexity index is 537. The van der Waals surface area contributed by atoms with Gasteiger partial charge in [0.2, 0.25) is 5.91 Å². The number of halogens is 3. The van der Waals surface area contributed by atoms with Crippen molar-refractivity contribution in [2.24, 2.45) is 0 Å². The van der Waals surface area contributed by atoms with E-state index in [2.05, 4.69) is 10.6 Å². The molecule has 1 aliphatic heterocycles. The molecule has 0 bridgehead atoms. The number of carbonyl (C=O) groups is 2. The zero-order valence-electron chi connectivity index (χ0n) is 11.1. The Kier molecular flexibility index (Phi) is 4.79. The summed E-state index contributed by atoms with van der Waals surface area (Å²) in [7, 11) is 0. The Balaban J connectivity index is 1.97. The van der Waals surface area contributed by atoms with Gasteiger partial charge in [-0.3, -0.25) is 9.59 Å². The monoisotopic (exact) mass is 301 g/mol. The van der Waals surface area contributed by atoms with Gasteiger partial charge in [0.15, 0.2) is 0 Å². The van der Waals surface area contributed by atoms with Crippen molar-refractivity contribution in [3.05, 3.63) is 35.1 Å². The van der Waals surface area contributed by atoms with Crippen molar-refractivity contribution >= 4 is 11.8 Å². The normalized spacial score (nSPS) is 14.9. The van der Waals surface area contributed by atoms with Crippen molar-refractivity contribution < 1.29 is 22.8 Å². The molecule has 8 heteroatoms. The molecule has 2 N–H and O–H groups in total. The van der Waals surface area contributed by atoms with E-state index in [1.807, 2.05) is 0 Å². The molecular formula is C13H14F3N3O2. The predicted octanol–water partition coefficient (Wildman–Crippen LogP) is 0.265. The quantitative estimate of drug-likeness (QED) is 0.842. The van der Waals surface area contributed by atoms with Crippen LogP contribution in [0.3, 0.4) is 0 Å². The summed E-state index contributed by atoms with van der Waals surface area (Å²) < 4.78 is 39.5. The second-order valence-electron chi connectivity index (χ2n) is 4.56. The maximum atomic E-state index is 13.4. The summed E-state index contributed by atoms with van der Waals surface area (Å²) in [5.41, 5.74) is -0.899. The molecule has 2 rings (SSSR count). The standard InChI is InChI=1S/C13H14F3N3O2/c14-8-5-9(15)12(10(16)6-8)13(21)18-7-11(20)19-3-1-17-2-4-19/h5-6,17H,1-4,7H2,(H,18,21). The van der Waals surface area contributed by atoms with Gasteiger partial charge in [-0.25, -0.2) is 13.2 Å². The fraction of sp³-hybridized carbons (Fsp3) is 0.385. The average Bonchev–Trinajstić information content (AvgIpc) is 2.44. The maximum Gasteiger partial charge on any atom is 0.257 e. The third kappa shape index (κ3) is 3.72. The van der Waals surface area contributed by atoms with Crippen LogP contribution in [0.2, 0.25) is 0 Å². The van der Waals surface area contributed by atoms with Crippen molar-refractivity contribution in [2.75, 3.05) is 32.7 Å². The van der Waals surface area contributed by atoms with Gasteiger partial charge in [-0.2, -0.15) is 0 Å². The number of hydrogen-bond donors (Lipinski definition) is 2. The van der Waals surface area contributed by atoms with Crippen LogP contribution in [-0.2, 0) is 4.79 Å². The van der Waals surface area contributed by atoms with Crippen molar-refractivity contribution in [1.82, 2.24) is 15.5 Å². The van der Waals surface area contributed by atoms with E-state index in [-0.39, 0.29) is 12.5 Å². The molecule has 0 aliphatic carbocycles. The van der Waals surface area contributed by atoms with E-state index in [1.165, 1.54) is 4.90 Å². The summed E-state index contributed by atoms with van der Waals surface area (Å²) in [5.74, 6) is -5.15. The smallest absolute Gasteiger partial charge is 0.257 e. The molecule has 1 saturated heterocycles. The predicted molar refractivity (Wildman–Crippen MR) is 68.1 cm³/mol. The summed E-state index contributed by atoms with van der Waals surface area (Å²) in [6, 6.07) is 0.826. The fourth-order valence-corrected chi connectivity index (χ4v) is 2.03. The van der Waals surface area contributed by atoms with Crippen LogP contribution in [0.5, 0.6) is 0 Å². The van der Waals surface area contributed by atoms with Gasteiger partial charge in [-0.15, -0.1) is 0 Å². The zero-order chi connectivity index (χ0) is 15.4. The molecule has 114 valence electrons. The lowest BCUT2D eigenvalue weighted by Gasteiger charge is -2.27. The molecule has 1 aromatic carbocycles. The van der Waals surface area contributed by atoms with Crippen molar-refractivity contribution in [3.63, 3.8) is 0 Å². The van der Waals surface area contributed by atoms with E-state index >= 15 is 0 Å². The minimum absolute atomic E-state index is 0.340. The zero-order valence-corrected chi connectivity index (χ0v) is 11.1. The van der Waals surface area contributed by atoms with Crippen LogP contribution in [0.1, 0.15) is 10.4 Å². The Morgan fingerprint density at radius 1 is 1.14 bits per heavy atom. The summed E-state index contributed by atoms with van der Waals surface area (Å²) in [6.07, 6.45) is 0. The molecule has 21 heavy (non-hydrogen) atoms. The van der Waals surface area contributed by atoms with Crippen LogP contribution in [0.25, 0.3) is 0 Å². The van der Waals surface area contributed by atoms with E-state index in [4.69, 9.17) is 0 Å². The molecule has 1 aromatic rings. The highest BCUT2D eigenvalue weighted by Crippen LogP contribution is 2.14. The first-order valence-electron chi connectivity index (χ1n) is 6.40. The number of nitrogens with one attached hydrogen (secondary N) is 2. The molecule has 1 fully saturated rings. The third-order valence-corrected chi connectivity index (χ3v) is 3.10. The van der Waals surface area contributed by atoms with Crippen LogP contribution in [0, 0.1) is 17.5 Å². The highest BCUT2D eigenvalue weighted by molar-refractivity contribution is 5.96. The van der Waals surface area contributed by atoms with Gasteiger partial charge in [0.05, 0.1) is 6.54 Å². The molecular weight excluding hydrogens is 287 g/mol. The van der Waals surface area contributed by atoms with Crippen LogP contribution in [0.15, 0.2) is 12.1 Å². The summed E-state index contributed by atoms with van der Waals surface area (Å²) in [4.78, 5) is 25.0. The minimum atomic E-state index is -1.31. The first kappa shape index (κ1) is 15.3. The largest absolute Gasteiger partial charge is 0.343 e. The first-order chi connectivity index (χ1) is 9.99. The van der Waals surface area contributed by atoms with Gasteiger partial charge >= 0.3 is 0 Å². The molecule has 0 spiro atoms. The molecule has 1 heterocycles. The molecule has 1 aliphatic rings. The summed E-state index contributed by atoms with van der Waals surface area (Å²) >= 11 is 0. The van der Waals surface area contributed by atoms with Gasteiger partial charge in [-0.1, -0.05) is 0 Å². The summed E-state index contributed by atoms with van der Waals surface area (Å²) in [5, 5.41) is 5.21. The second-order valence-corrected chi connectivity index (χ2v) is 4.56. The number of piperazine rings is 1. The van der Waals surface area contributed by atoms with Crippen molar-refractivity contribution in [3.8, 4) is 0 Å². The first-order valence-corrected chi connectivity index (χ1v) is 6.40. The molecule has 0 atom stereocenters. The van der Waals surface area contributed by atoms with E-state index < -0.39 is 28.9 Å². The topological polar surface area (TPSA) is 61.4 Å². The van der Waals surface area contributed by atoms with E-state index in [0.29, 0.717) is 38.3 Å². The van der Waals surface area contributed by atoms with E-state index in [1.54, 1.807) is 0 Å². The van der Waals surface area contributed by atoms with Crippen LogP contribution in [-0.4, -0.2) is 49.4 Å². The number of amides is 2. The Morgan fingerprint density at radius 2 is 1.71 bits per heavy atom. The van der Waals surface area contributed by atoms with Crippen molar-refractivity contribution in [2.45, 2.75) is 0 Å². The Labute approximate surface area is 119 Å². The fourth-order valence-electron chi connectivity index (χ4n) is 2.03. The molecule has 0 unspecified atom stereocenters. The maximum absolute atomic E-state index is 13.4. The molecule has 2 amide bonds. The lowest BCUT2D eigenvalue weighted by Crippen LogP contribution is -2.49. The van der Waals surface area contributed by atoms with Gasteiger partial charge in [0.1, 0.15) is 23.0 Å². The minimum Gasteiger partial charge on any atom is -0.343 e. The second kappa shape index (κ2) is 6.57. The van der Waals surface area contributed by atoms with E-state index in [9.17, 15) is 22.8 Å². The highest BCUT2D eigenvalue weighted by Gasteiger charge is 2.21. The SMILES string of the molecule is O=C(NCC(=O)N1CCNCC1)c1c(F)cc(F)cc1F. The molecule has 5 nitrogen and oxygen atoms in total. The number of nitrogens with zero attached hydrogens (tertiary/aromatic N) is 1. The number of carbonyl (C=O) groups excluding carboxylic acids is 2. The lowest BCUT2D eigenvalue weighted by atomic mass is 10.1. The number of benzene rings is 1. The Morgan fingerprint density at radius 3 is 2.29 bits per heavy atom. The van der Waals surface area contributed by atoms with E-state index in [0.717, 1.165) is 0 Å². The third-order valence-electron chi connectivity index (χ3n) is 3.10.